The van der Waals surface area contributed by atoms with Crippen molar-refractivity contribution >= 4 is 5.97 Å². The highest BCUT2D eigenvalue weighted by molar-refractivity contribution is 5.73. The van der Waals surface area contributed by atoms with E-state index in [1.807, 2.05) is 0 Å². The molecule has 2 atom stereocenters. The first-order chi connectivity index (χ1) is 8.21. The number of carbonyl (C=O) groups is 1. The van der Waals surface area contributed by atoms with Gasteiger partial charge < -0.3 is 4.74 Å². The summed E-state index contributed by atoms with van der Waals surface area (Å²) in [4.78, 5) is 14.8. The fourth-order valence-electron chi connectivity index (χ4n) is 2.65. The molecule has 1 saturated heterocycles. The van der Waals surface area contributed by atoms with Gasteiger partial charge in [-0.25, -0.2) is 4.98 Å². The molecule has 1 fully saturated rings. The van der Waals surface area contributed by atoms with Crippen LogP contribution in [0.3, 0.4) is 0 Å². The average Bonchev–Trinajstić information content (AvgIpc) is 2.82. The number of esters is 1. The van der Waals surface area contributed by atoms with E-state index in [0.29, 0.717) is 0 Å². The Morgan fingerprint density at radius 2 is 2.11 bits per heavy atom. The Kier molecular flexibility index (Phi) is 1.83. The predicted molar refractivity (Wildman–Crippen MR) is 48.9 cm³/mol. The molecule has 0 radical (unpaired) electrons. The van der Waals surface area contributed by atoms with Gasteiger partial charge >= 0.3 is 17.9 Å². The highest BCUT2D eigenvalue weighted by Crippen LogP contribution is 2.59. The zero-order valence-electron chi connectivity index (χ0n) is 9.16. The molecule has 3 heterocycles. The molecule has 98 valence electrons. The number of alkyl halides is 4. The Balaban J connectivity index is 2.30. The minimum atomic E-state index is -4.42. The van der Waals surface area contributed by atoms with Crippen LogP contribution in [-0.2, 0) is 21.2 Å². The molecule has 0 unspecified atom stereocenters. The molecule has 1 aromatic heterocycles. The number of nitrogens with zero attached hydrogens (tertiary/aromatic N) is 2. The third-order valence-electron chi connectivity index (χ3n) is 3.59. The van der Waals surface area contributed by atoms with Gasteiger partial charge in [0.25, 0.3) is 0 Å². The van der Waals surface area contributed by atoms with Crippen LogP contribution in [0.2, 0.25) is 0 Å². The van der Waals surface area contributed by atoms with Crippen molar-refractivity contribution in [1.82, 2.24) is 9.55 Å². The van der Waals surface area contributed by atoms with Crippen LogP contribution < -0.4 is 0 Å². The fourth-order valence-corrected chi connectivity index (χ4v) is 2.65. The largest absolute Gasteiger partial charge is 0.451 e. The monoisotopic (exact) mass is 264 g/mol. The van der Waals surface area contributed by atoms with Gasteiger partial charge in [0.05, 0.1) is 12.3 Å². The summed E-state index contributed by atoms with van der Waals surface area (Å²) in [7, 11) is 0. The van der Waals surface area contributed by atoms with Gasteiger partial charge in [0.15, 0.2) is 11.4 Å². The standard InChI is InChI=1S/C10H8F4N2O2/c1-8-5(4-6(17)18-8)9(11,12)10(13,14)16-3-2-15-7(8)16/h2-3,5H,4H2,1H3/t5-,8+/m0/s1. The molecule has 0 aliphatic carbocycles. The van der Waals surface area contributed by atoms with Crippen molar-refractivity contribution in [1.29, 1.82) is 0 Å². The molecule has 0 saturated carbocycles. The van der Waals surface area contributed by atoms with Crippen molar-refractivity contribution < 1.29 is 27.1 Å². The van der Waals surface area contributed by atoms with Crippen LogP contribution in [0, 0.1) is 5.92 Å². The lowest BCUT2D eigenvalue weighted by Crippen LogP contribution is -2.59. The van der Waals surface area contributed by atoms with Crippen LogP contribution in [-0.4, -0.2) is 21.4 Å². The number of aromatic nitrogens is 2. The SMILES string of the molecule is C[C@@]12OC(=O)C[C@@H]1C(F)(F)C(F)(F)n1ccnc12. The van der Waals surface area contributed by atoms with Crippen molar-refractivity contribution in [3.05, 3.63) is 18.2 Å². The molecule has 3 rings (SSSR count). The van der Waals surface area contributed by atoms with Crippen molar-refractivity contribution in [2.24, 2.45) is 5.92 Å². The number of ether oxygens (including phenoxy) is 1. The molecular formula is C10H8F4N2O2. The lowest BCUT2D eigenvalue weighted by atomic mass is 9.79. The summed E-state index contributed by atoms with van der Waals surface area (Å²) in [5.74, 6) is -7.56. The molecule has 0 amide bonds. The van der Waals surface area contributed by atoms with Gasteiger partial charge in [0.2, 0.25) is 0 Å². The minimum absolute atomic E-state index is 0.0854. The lowest BCUT2D eigenvalue weighted by Gasteiger charge is -2.43. The van der Waals surface area contributed by atoms with Crippen molar-refractivity contribution in [3.63, 3.8) is 0 Å². The van der Waals surface area contributed by atoms with Crippen LogP contribution in [0.4, 0.5) is 17.6 Å². The number of fused-ring (bicyclic) bond motifs is 3. The molecule has 0 spiro atoms. The van der Waals surface area contributed by atoms with E-state index >= 15 is 0 Å². The second-order valence-electron chi connectivity index (χ2n) is 4.62. The maximum absolute atomic E-state index is 13.9. The molecule has 18 heavy (non-hydrogen) atoms. The van der Waals surface area contributed by atoms with Crippen LogP contribution in [0.1, 0.15) is 19.2 Å². The number of imidazole rings is 1. The van der Waals surface area contributed by atoms with Gasteiger partial charge in [-0.05, 0) is 6.92 Å². The van der Waals surface area contributed by atoms with Crippen LogP contribution in [0.25, 0.3) is 0 Å². The molecule has 0 bridgehead atoms. The fraction of sp³-hybridized carbons (Fsp3) is 0.600. The second-order valence-corrected chi connectivity index (χ2v) is 4.62. The third-order valence-corrected chi connectivity index (χ3v) is 3.59. The summed E-state index contributed by atoms with van der Waals surface area (Å²) < 4.78 is 60.2. The first kappa shape index (κ1) is 11.5. The van der Waals surface area contributed by atoms with Crippen LogP contribution >= 0.6 is 0 Å². The van der Waals surface area contributed by atoms with Crippen molar-refractivity contribution in [2.75, 3.05) is 0 Å². The second kappa shape index (κ2) is 2.86. The van der Waals surface area contributed by atoms with Crippen molar-refractivity contribution in [2.45, 2.75) is 30.9 Å². The Labute approximate surface area is 98.6 Å². The van der Waals surface area contributed by atoms with E-state index in [1.165, 1.54) is 6.92 Å². The van der Waals surface area contributed by atoms with E-state index < -0.39 is 35.9 Å². The predicted octanol–water partition coefficient (Wildman–Crippen LogP) is 1.86. The van der Waals surface area contributed by atoms with Crippen molar-refractivity contribution in [3.8, 4) is 0 Å². The lowest BCUT2D eigenvalue weighted by molar-refractivity contribution is -0.317. The van der Waals surface area contributed by atoms with Gasteiger partial charge in [0, 0.05) is 12.4 Å². The molecule has 1 aromatic rings. The summed E-state index contributed by atoms with van der Waals surface area (Å²) in [6, 6.07) is -4.42. The highest BCUT2D eigenvalue weighted by atomic mass is 19.3. The van der Waals surface area contributed by atoms with Crippen LogP contribution in [0.5, 0.6) is 0 Å². The molecule has 2 aliphatic rings. The van der Waals surface area contributed by atoms with Gasteiger partial charge in [-0.2, -0.15) is 17.6 Å². The summed E-state index contributed by atoms with van der Waals surface area (Å²) in [6.45, 7) is 1.19. The zero-order chi connectivity index (χ0) is 13.3. The normalized spacial score (nSPS) is 35.8. The molecule has 0 N–H and O–H groups in total. The summed E-state index contributed by atoms with van der Waals surface area (Å²) >= 11 is 0. The zero-order valence-corrected chi connectivity index (χ0v) is 9.16. The average molecular weight is 264 g/mol. The van der Waals surface area contributed by atoms with E-state index in [9.17, 15) is 22.4 Å². The minimum Gasteiger partial charge on any atom is -0.451 e. The van der Waals surface area contributed by atoms with Gasteiger partial charge in [-0.3, -0.25) is 9.36 Å². The Morgan fingerprint density at radius 1 is 1.44 bits per heavy atom. The number of rotatable bonds is 0. The van der Waals surface area contributed by atoms with Gasteiger partial charge in [-0.15, -0.1) is 0 Å². The maximum Gasteiger partial charge on any atom is 0.393 e. The van der Waals surface area contributed by atoms with E-state index in [-0.39, 0.29) is 10.4 Å². The maximum atomic E-state index is 13.9. The van der Waals surface area contributed by atoms with E-state index in [1.54, 1.807) is 0 Å². The molecule has 4 nitrogen and oxygen atoms in total. The summed E-state index contributed by atoms with van der Waals surface area (Å²) in [6.07, 6.45) is 1.00. The molecule has 2 aliphatic heterocycles. The quantitative estimate of drug-likeness (QED) is 0.530. The smallest absolute Gasteiger partial charge is 0.393 e. The number of hydrogen-bond donors (Lipinski definition) is 0. The Morgan fingerprint density at radius 3 is 2.78 bits per heavy atom. The number of hydrogen-bond acceptors (Lipinski definition) is 3. The summed E-state index contributed by atoms with van der Waals surface area (Å²) in [5.41, 5.74) is -1.81. The number of carbonyl (C=O) groups excluding carboxylic acids is 1. The first-order valence-electron chi connectivity index (χ1n) is 5.23. The topological polar surface area (TPSA) is 44.1 Å². The first-order valence-corrected chi connectivity index (χ1v) is 5.23. The van der Waals surface area contributed by atoms with E-state index in [4.69, 9.17) is 4.74 Å². The van der Waals surface area contributed by atoms with E-state index in [0.717, 1.165) is 12.4 Å². The Bertz CT molecular complexity index is 542. The molecule has 0 aromatic carbocycles. The summed E-state index contributed by atoms with van der Waals surface area (Å²) in [5, 5.41) is 0. The molecular weight excluding hydrogens is 256 g/mol. The highest BCUT2D eigenvalue weighted by Gasteiger charge is 2.75. The number of halogens is 4. The Hall–Kier alpha value is -1.60. The third kappa shape index (κ3) is 1.02. The molecule has 8 heteroatoms. The van der Waals surface area contributed by atoms with Crippen LogP contribution in [0.15, 0.2) is 12.4 Å². The van der Waals surface area contributed by atoms with Gasteiger partial charge in [-0.1, -0.05) is 0 Å². The van der Waals surface area contributed by atoms with E-state index in [2.05, 4.69) is 4.98 Å². The van der Waals surface area contributed by atoms with Gasteiger partial charge in [0.1, 0.15) is 0 Å².